The van der Waals surface area contributed by atoms with E-state index in [1.165, 1.54) is 6.92 Å². The van der Waals surface area contributed by atoms with E-state index in [2.05, 4.69) is 10.3 Å². The van der Waals surface area contributed by atoms with Crippen molar-refractivity contribution < 1.29 is 14.3 Å². The summed E-state index contributed by atoms with van der Waals surface area (Å²) in [7, 11) is 0. The maximum atomic E-state index is 12.3. The van der Waals surface area contributed by atoms with Crippen molar-refractivity contribution in [3.05, 3.63) is 58.4 Å². The number of Topliss-reactive ketones (excluding diaryl/α,β-unsaturated/α-hetero) is 1. The summed E-state index contributed by atoms with van der Waals surface area (Å²) in [6.07, 6.45) is 0.754. The highest BCUT2D eigenvalue weighted by Crippen LogP contribution is 2.18. The van der Waals surface area contributed by atoms with Gasteiger partial charge in [0.25, 0.3) is 5.91 Å². The van der Waals surface area contributed by atoms with Gasteiger partial charge in [0.2, 0.25) is 0 Å². The summed E-state index contributed by atoms with van der Waals surface area (Å²) in [5.74, 6) is -0.224. The largest absolute Gasteiger partial charge is 0.374 e. The Kier molecular flexibility index (Phi) is 6.53. The van der Waals surface area contributed by atoms with Crippen molar-refractivity contribution in [1.29, 1.82) is 0 Å². The Morgan fingerprint density at radius 3 is 2.48 bits per heavy atom. The Morgan fingerprint density at radius 2 is 1.88 bits per heavy atom. The fourth-order valence-corrected chi connectivity index (χ4v) is 2.95. The number of ether oxygens (including phenoxy) is 1. The number of ketones is 1. The summed E-state index contributed by atoms with van der Waals surface area (Å²) < 4.78 is 5.79. The van der Waals surface area contributed by atoms with Gasteiger partial charge in [0.1, 0.15) is 5.69 Å². The van der Waals surface area contributed by atoms with Crippen LogP contribution >= 0.6 is 0 Å². The fraction of sp³-hybridized carbons (Fsp3) is 0.400. The zero-order chi connectivity index (χ0) is 18.4. The topological polar surface area (TPSA) is 71.2 Å². The average Bonchev–Trinajstić information content (AvgIpc) is 2.89. The van der Waals surface area contributed by atoms with Crippen LogP contribution in [0.3, 0.4) is 0 Å². The number of hydrogen-bond acceptors (Lipinski definition) is 3. The first kappa shape index (κ1) is 18.9. The third-order valence-corrected chi connectivity index (χ3v) is 4.26. The molecule has 0 spiro atoms. The normalized spacial score (nSPS) is 12.0. The molecule has 0 aliphatic carbocycles. The van der Waals surface area contributed by atoms with Gasteiger partial charge in [-0.05, 0) is 45.2 Å². The Morgan fingerprint density at radius 1 is 1.20 bits per heavy atom. The fourth-order valence-electron chi connectivity index (χ4n) is 2.95. The van der Waals surface area contributed by atoms with Crippen LogP contribution in [0.2, 0.25) is 0 Å². The van der Waals surface area contributed by atoms with Crippen LogP contribution < -0.4 is 5.32 Å². The van der Waals surface area contributed by atoms with E-state index in [-0.39, 0.29) is 17.8 Å². The molecule has 0 aliphatic heterocycles. The van der Waals surface area contributed by atoms with Crippen LogP contribution in [-0.2, 0) is 4.74 Å². The monoisotopic (exact) mass is 342 g/mol. The van der Waals surface area contributed by atoms with Crippen molar-refractivity contribution in [2.45, 2.75) is 40.2 Å². The first-order valence-corrected chi connectivity index (χ1v) is 8.56. The first-order valence-electron chi connectivity index (χ1n) is 8.56. The Hall–Kier alpha value is -2.40. The van der Waals surface area contributed by atoms with Crippen molar-refractivity contribution in [1.82, 2.24) is 10.3 Å². The summed E-state index contributed by atoms with van der Waals surface area (Å²) in [5.41, 5.74) is 3.64. The predicted octanol–water partition coefficient (Wildman–Crippen LogP) is 3.73. The van der Waals surface area contributed by atoms with E-state index in [1.807, 2.05) is 37.3 Å². The summed E-state index contributed by atoms with van der Waals surface area (Å²) in [6.45, 7) is 8.21. The molecule has 1 aromatic carbocycles. The molecular formula is C20H26N2O3. The maximum absolute atomic E-state index is 12.3. The number of amides is 1. The van der Waals surface area contributed by atoms with E-state index in [0.29, 0.717) is 30.0 Å². The molecule has 5 nitrogen and oxygen atoms in total. The highest BCUT2D eigenvalue weighted by Gasteiger charge is 2.19. The lowest BCUT2D eigenvalue weighted by Crippen LogP contribution is -2.26. The minimum atomic E-state index is -0.191. The standard InChI is InChI=1S/C20H26N2O3/c1-13-18(15(3)23)14(2)22-19(13)20(24)21-11-8-12-25-16(4)17-9-6-5-7-10-17/h5-7,9-10,16,22H,8,11-12H2,1-4H3,(H,21,24). The number of H-pyrrole nitrogens is 1. The predicted molar refractivity (Wildman–Crippen MR) is 98.0 cm³/mol. The van der Waals surface area contributed by atoms with Gasteiger partial charge in [0, 0.05) is 24.4 Å². The Bertz CT molecular complexity index is 735. The zero-order valence-corrected chi connectivity index (χ0v) is 15.3. The van der Waals surface area contributed by atoms with Crippen molar-refractivity contribution in [2.24, 2.45) is 0 Å². The number of rotatable bonds is 8. The summed E-state index contributed by atoms with van der Waals surface area (Å²) in [6, 6.07) is 10.0. The molecule has 1 aromatic heterocycles. The molecule has 1 amide bonds. The van der Waals surface area contributed by atoms with Crippen LogP contribution in [0.15, 0.2) is 30.3 Å². The highest BCUT2D eigenvalue weighted by atomic mass is 16.5. The van der Waals surface area contributed by atoms with Crippen LogP contribution in [0.25, 0.3) is 0 Å². The molecule has 0 fully saturated rings. The van der Waals surface area contributed by atoms with E-state index in [9.17, 15) is 9.59 Å². The lowest BCUT2D eigenvalue weighted by Gasteiger charge is -2.13. The van der Waals surface area contributed by atoms with Gasteiger partial charge < -0.3 is 15.0 Å². The van der Waals surface area contributed by atoms with Crippen molar-refractivity contribution in [3.63, 3.8) is 0 Å². The molecule has 2 rings (SSSR count). The lowest BCUT2D eigenvalue weighted by atomic mass is 10.1. The van der Waals surface area contributed by atoms with E-state index in [0.717, 1.165) is 17.7 Å². The third kappa shape index (κ3) is 4.79. The maximum Gasteiger partial charge on any atom is 0.268 e. The van der Waals surface area contributed by atoms with Crippen LogP contribution in [0.5, 0.6) is 0 Å². The van der Waals surface area contributed by atoms with Gasteiger partial charge in [-0.15, -0.1) is 0 Å². The molecule has 0 saturated carbocycles. The molecule has 0 radical (unpaired) electrons. The molecular weight excluding hydrogens is 316 g/mol. The molecule has 134 valence electrons. The van der Waals surface area contributed by atoms with Crippen molar-refractivity contribution >= 4 is 11.7 Å². The minimum absolute atomic E-state index is 0.0309. The number of benzene rings is 1. The first-order chi connectivity index (χ1) is 11.9. The van der Waals surface area contributed by atoms with Crippen molar-refractivity contribution in [3.8, 4) is 0 Å². The van der Waals surface area contributed by atoms with Crippen molar-refractivity contribution in [2.75, 3.05) is 13.2 Å². The van der Waals surface area contributed by atoms with Crippen LogP contribution in [-0.4, -0.2) is 29.8 Å². The molecule has 0 saturated heterocycles. The van der Waals surface area contributed by atoms with Gasteiger partial charge in [0.05, 0.1) is 6.10 Å². The van der Waals surface area contributed by atoms with Gasteiger partial charge in [-0.25, -0.2) is 0 Å². The molecule has 2 N–H and O–H groups in total. The molecule has 0 aliphatic rings. The molecule has 2 aromatic rings. The quantitative estimate of drug-likeness (QED) is 0.567. The average molecular weight is 342 g/mol. The number of carbonyl (C=O) groups is 2. The minimum Gasteiger partial charge on any atom is -0.374 e. The van der Waals surface area contributed by atoms with Crippen LogP contribution in [0.1, 0.15) is 64.0 Å². The van der Waals surface area contributed by atoms with Gasteiger partial charge in [-0.2, -0.15) is 0 Å². The SMILES string of the molecule is CC(=O)c1c(C)[nH]c(C(=O)NCCCOC(C)c2ccccc2)c1C. The number of aryl methyl sites for hydroxylation is 1. The number of hydrogen-bond donors (Lipinski definition) is 2. The number of aromatic nitrogens is 1. The summed E-state index contributed by atoms with van der Waals surface area (Å²) in [4.78, 5) is 26.9. The van der Waals surface area contributed by atoms with Gasteiger partial charge >= 0.3 is 0 Å². The molecule has 0 bridgehead atoms. The van der Waals surface area contributed by atoms with Gasteiger partial charge in [-0.3, -0.25) is 9.59 Å². The summed E-state index contributed by atoms with van der Waals surface area (Å²) in [5, 5.41) is 2.87. The second kappa shape index (κ2) is 8.62. The summed E-state index contributed by atoms with van der Waals surface area (Å²) >= 11 is 0. The highest BCUT2D eigenvalue weighted by molar-refractivity contribution is 6.02. The molecule has 1 atom stereocenters. The molecule has 25 heavy (non-hydrogen) atoms. The second-order valence-corrected chi connectivity index (χ2v) is 6.21. The van der Waals surface area contributed by atoms with Gasteiger partial charge in [0.15, 0.2) is 5.78 Å². The number of nitrogens with one attached hydrogen (secondary N) is 2. The Labute approximate surface area is 148 Å². The van der Waals surface area contributed by atoms with Gasteiger partial charge in [-0.1, -0.05) is 30.3 Å². The number of carbonyl (C=O) groups excluding carboxylic acids is 2. The van der Waals surface area contributed by atoms with E-state index in [4.69, 9.17) is 4.74 Å². The molecule has 1 heterocycles. The Balaban J connectivity index is 1.78. The zero-order valence-electron chi connectivity index (χ0n) is 15.3. The smallest absolute Gasteiger partial charge is 0.268 e. The molecule has 5 heteroatoms. The second-order valence-electron chi connectivity index (χ2n) is 6.21. The molecule has 1 unspecified atom stereocenters. The van der Waals surface area contributed by atoms with Crippen LogP contribution in [0, 0.1) is 13.8 Å². The number of aromatic amines is 1. The van der Waals surface area contributed by atoms with E-state index < -0.39 is 0 Å². The van der Waals surface area contributed by atoms with Crippen LogP contribution in [0.4, 0.5) is 0 Å². The lowest BCUT2D eigenvalue weighted by molar-refractivity contribution is 0.0634. The van der Waals surface area contributed by atoms with E-state index >= 15 is 0 Å². The third-order valence-electron chi connectivity index (χ3n) is 4.26. The van der Waals surface area contributed by atoms with E-state index in [1.54, 1.807) is 13.8 Å².